The molecule has 4 atom stereocenters. The molecule has 4 unspecified atom stereocenters. The number of hydrogen-bond acceptors (Lipinski definition) is 7. The Balaban J connectivity index is 1.46. The number of rotatable bonds is 5. The Morgan fingerprint density at radius 1 is 1.00 bits per heavy atom. The van der Waals surface area contributed by atoms with Crippen LogP contribution < -0.4 is 26.6 Å². The van der Waals surface area contributed by atoms with E-state index < -0.39 is 35.1 Å². The van der Waals surface area contributed by atoms with Gasteiger partial charge in [0.1, 0.15) is 0 Å². The predicted octanol–water partition coefficient (Wildman–Crippen LogP) is 0.727. The molecule has 2 fully saturated rings. The minimum Gasteiger partial charge on any atom is -0.353 e. The molecule has 0 bridgehead atoms. The molecule has 0 aromatic heterocycles. The van der Waals surface area contributed by atoms with Crippen LogP contribution in [0.25, 0.3) is 0 Å². The number of hydrogen-bond donors (Lipinski definition) is 5. The summed E-state index contributed by atoms with van der Waals surface area (Å²) in [6.45, 7) is 0. The summed E-state index contributed by atoms with van der Waals surface area (Å²) in [5.41, 5.74) is 1.00. The van der Waals surface area contributed by atoms with Gasteiger partial charge in [-0.2, -0.15) is 0 Å². The molecule has 3 amide bonds. The number of non-ortho nitro benzene ring substituents is 1. The van der Waals surface area contributed by atoms with E-state index in [1.54, 1.807) is 0 Å². The standard InChI is InChI=1S/C20H20N6O5/c27-15-10-14(18(28)21-12-6-8-13(9-7-12)26(30)31)16-17(23-15)24-20(25-19(16)29)22-11-4-2-1-3-5-11/h1-9,14,16-17,20,22,24H,10H2,(H,21,28)(H,23,27)(H,25,29). The molecule has 0 saturated carbocycles. The highest BCUT2D eigenvalue weighted by Gasteiger charge is 2.48. The summed E-state index contributed by atoms with van der Waals surface area (Å²) in [5, 5.41) is 25.1. The van der Waals surface area contributed by atoms with Gasteiger partial charge in [-0.1, -0.05) is 18.2 Å². The van der Waals surface area contributed by atoms with Crippen LogP contribution in [0.4, 0.5) is 17.1 Å². The molecule has 2 saturated heterocycles. The first-order valence-electron chi connectivity index (χ1n) is 9.63. The average molecular weight is 424 g/mol. The lowest BCUT2D eigenvalue weighted by molar-refractivity contribution is -0.384. The van der Waals surface area contributed by atoms with Gasteiger partial charge in [0.15, 0.2) is 6.29 Å². The van der Waals surface area contributed by atoms with Gasteiger partial charge in [-0.15, -0.1) is 0 Å². The first-order valence-corrected chi connectivity index (χ1v) is 9.63. The van der Waals surface area contributed by atoms with Crippen LogP contribution in [-0.4, -0.2) is 35.1 Å². The number of carbonyl (C=O) groups is 3. The van der Waals surface area contributed by atoms with E-state index in [1.165, 1.54) is 24.3 Å². The van der Waals surface area contributed by atoms with Crippen molar-refractivity contribution in [2.45, 2.75) is 18.9 Å². The normalized spacial score (nSPS) is 24.9. The topological polar surface area (TPSA) is 154 Å². The number of anilines is 2. The number of para-hydroxylation sites is 1. The Hall–Kier alpha value is -3.99. The van der Waals surface area contributed by atoms with E-state index in [-0.39, 0.29) is 23.9 Å². The smallest absolute Gasteiger partial charge is 0.269 e. The fourth-order valence-electron chi connectivity index (χ4n) is 3.76. The molecule has 11 nitrogen and oxygen atoms in total. The van der Waals surface area contributed by atoms with Crippen molar-refractivity contribution in [3.8, 4) is 0 Å². The first kappa shape index (κ1) is 20.3. The molecule has 2 aromatic rings. The van der Waals surface area contributed by atoms with Gasteiger partial charge < -0.3 is 21.3 Å². The average Bonchev–Trinajstić information content (AvgIpc) is 2.74. The third-order valence-corrected chi connectivity index (χ3v) is 5.22. The quantitative estimate of drug-likeness (QED) is 0.350. The van der Waals surface area contributed by atoms with E-state index >= 15 is 0 Å². The van der Waals surface area contributed by atoms with Gasteiger partial charge in [-0.05, 0) is 24.3 Å². The minimum atomic E-state index is -0.904. The molecule has 0 spiro atoms. The summed E-state index contributed by atoms with van der Waals surface area (Å²) >= 11 is 0. The van der Waals surface area contributed by atoms with E-state index in [0.29, 0.717) is 5.69 Å². The number of amides is 3. The summed E-state index contributed by atoms with van der Waals surface area (Å²) < 4.78 is 0. The molecular formula is C20H20N6O5. The summed E-state index contributed by atoms with van der Waals surface area (Å²) in [7, 11) is 0. The van der Waals surface area contributed by atoms with Gasteiger partial charge in [0.2, 0.25) is 17.7 Å². The van der Waals surface area contributed by atoms with Gasteiger partial charge in [0, 0.05) is 29.9 Å². The van der Waals surface area contributed by atoms with Crippen LogP contribution in [0.15, 0.2) is 54.6 Å². The second-order valence-corrected chi connectivity index (χ2v) is 7.29. The Labute approximate surface area is 176 Å². The van der Waals surface area contributed by atoms with Crippen molar-refractivity contribution in [2.75, 3.05) is 10.6 Å². The van der Waals surface area contributed by atoms with Crippen molar-refractivity contribution >= 4 is 34.8 Å². The Bertz CT molecular complexity index is 1010. The number of piperidine rings is 1. The molecule has 5 N–H and O–H groups in total. The highest BCUT2D eigenvalue weighted by Crippen LogP contribution is 2.28. The van der Waals surface area contributed by atoms with Crippen molar-refractivity contribution < 1.29 is 19.3 Å². The maximum Gasteiger partial charge on any atom is 0.269 e. The summed E-state index contributed by atoms with van der Waals surface area (Å²) in [6.07, 6.45) is -1.51. The summed E-state index contributed by atoms with van der Waals surface area (Å²) in [5.74, 6) is -2.96. The zero-order valence-electron chi connectivity index (χ0n) is 16.2. The van der Waals surface area contributed by atoms with Crippen LogP contribution in [-0.2, 0) is 14.4 Å². The number of fused-ring (bicyclic) bond motifs is 1. The summed E-state index contributed by atoms with van der Waals surface area (Å²) in [6, 6.07) is 14.5. The number of nitro benzene ring substituents is 1. The van der Waals surface area contributed by atoms with Crippen LogP contribution in [0.5, 0.6) is 0 Å². The number of nitrogens with one attached hydrogen (secondary N) is 5. The van der Waals surface area contributed by atoms with Crippen LogP contribution in [0.3, 0.4) is 0 Å². The van der Waals surface area contributed by atoms with E-state index in [1.807, 2.05) is 30.3 Å². The number of benzene rings is 2. The third kappa shape index (κ3) is 4.46. The number of nitro groups is 1. The highest BCUT2D eigenvalue weighted by atomic mass is 16.6. The third-order valence-electron chi connectivity index (χ3n) is 5.22. The van der Waals surface area contributed by atoms with Gasteiger partial charge in [0.05, 0.1) is 22.9 Å². The van der Waals surface area contributed by atoms with Crippen LogP contribution in [0.1, 0.15) is 6.42 Å². The molecule has 0 radical (unpaired) electrons. The van der Waals surface area contributed by atoms with Crippen molar-refractivity contribution in [3.63, 3.8) is 0 Å². The molecule has 2 heterocycles. The molecular weight excluding hydrogens is 404 g/mol. The van der Waals surface area contributed by atoms with Crippen molar-refractivity contribution in [1.82, 2.24) is 16.0 Å². The predicted molar refractivity (Wildman–Crippen MR) is 110 cm³/mol. The van der Waals surface area contributed by atoms with E-state index in [0.717, 1.165) is 5.69 Å². The zero-order chi connectivity index (χ0) is 22.0. The van der Waals surface area contributed by atoms with Gasteiger partial charge >= 0.3 is 0 Å². The van der Waals surface area contributed by atoms with Crippen molar-refractivity contribution in [2.24, 2.45) is 11.8 Å². The molecule has 11 heteroatoms. The van der Waals surface area contributed by atoms with E-state index in [4.69, 9.17) is 0 Å². The molecule has 0 aliphatic carbocycles. The summed E-state index contributed by atoms with van der Waals surface area (Å²) in [4.78, 5) is 48.1. The lowest BCUT2D eigenvalue weighted by atomic mass is 9.81. The Kier molecular flexibility index (Phi) is 5.50. The zero-order valence-corrected chi connectivity index (χ0v) is 16.2. The molecule has 4 rings (SSSR count). The molecule has 2 aliphatic rings. The fourth-order valence-corrected chi connectivity index (χ4v) is 3.76. The Morgan fingerprint density at radius 3 is 2.39 bits per heavy atom. The minimum absolute atomic E-state index is 0.108. The van der Waals surface area contributed by atoms with E-state index in [9.17, 15) is 24.5 Å². The first-order chi connectivity index (χ1) is 14.9. The number of carbonyl (C=O) groups excluding carboxylic acids is 3. The van der Waals surface area contributed by atoms with E-state index in [2.05, 4.69) is 26.6 Å². The molecule has 160 valence electrons. The van der Waals surface area contributed by atoms with Gasteiger partial charge in [-0.3, -0.25) is 29.8 Å². The van der Waals surface area contributed by atoms with Crippen LogP contribution >= 0.6 is 0 Å². The largest absolute Gasteiger partial charge is 0.353 e. The fraction of sp³-hybridized carbons (Fsp3) is 0.250. The van der Waals surface area contributed by atoms with Crippen LogP contribution in [0.2, 0.25) is 0 Å². The lowest BCUT2D eigenvalue weighted by Crippen LogP contribution is -2.72. The van der Waals surface area contributed by atoms with Gasteiger partial charge in [-0.25, -0.2) is 0 Å². The van der Waals surface area contributed by atoms with Crippen molar-refractivity contribution in [3.05, 3.63) is 64.7 Å². The van der Waals surface area contributed by atoms with Crippen LogP contribution in [0, 0.1) is 22.0 Å². The molecule has 31 heavy (non-hydrogen) atoms. The lowest BCUT2D eigenvalue weighted by Gasteiger charge is -2.43. The molecule has 2 aliphatic heterocycles. The van der Waals surface area contributed by atoms with Gasteiger partial charge in [0.25, 0.3) is 5.69 Å². The number of nitrogens with zero attached hydrogens (tertiary/aromatic N) is 1. The maximum atomic E-state index is 12.9. The highest BCUT2D eigenvalue weighted by molar-refractivity contribution is 6.00. The SMILES string of the molecule is O=C1CC(C(=O)Nc2ccc([N+](=O)[O-])cc2)C2C(=O)NC(Nc3ccccc3)NC2N1. The maximum absolute atomic E-state index is 12.9. The Morgan fingerprint density at radius 2 is 1.71 bits per heavy atom. The van der Waals surface area contributed by atoms with Crippen molar-refractivity contribution in [1.29, 1.82) is 0 Å². The second kappa shape index (κ2) is 8.40. The monoisotopic (exact) mass is 424 g/mol. The second-order valence-electron chi connectivity index (χ2n) is 7.29. The molecule has 2 aromatic carbocycles.